The SMILES string of the molecule is COCCCn1c([C@@H]2CCCN(C(=O)OC(C)(C)C)C2)nc2ccncc21.COCCCn1c([C@@H]2CCCNC2)nc2ccncc21.ClCCl. The molecule has 0 spiro atoms. The molecule has 2 aliphatic heterocycles. The highest BCUT2D eigenvalue weighted by molar-refractivity contribution is 6.40. The average molecular weight is 734 g/mol. The lowest BCUT2D eigenvalue weighted by Gasteiger charge is -2.34. The predicted octanol–water partition coefficient (Wildman–Crippen LogP) is 6.94. The second kappa shape index (κ2) is 20.1. The number of halogens is 2. The van der Waals surface area contributed by atoms with E-state index in [-0.39, 0.29) is 17.4 Å². The number of fused-ring (bicyclic) bond motifs is 2. The van der Waals surface area contributed by atoms with Crippen LogP contribution in [0.4, 0.5) is 4.79 Å². The van der Waals surface area contributed by atoms with E-state index in [1.807, 2.05) is 56.4 Å². The minimum atomic E-state index is -0.483. The van der Waals surface area contributed by atoms with Crippen molar-refractivity contribution < 1.29 is 19.0 Å². The van der Waals surface area contributed by atoms with E-state index in [1.54, 1.807) is 20.4 Å². The molecule has 6 heterocycles. The van der Waals surface area contributed by atoms with Crippen LogP contribution in [0.15, 0.2) is 36.9 Å². The summed E-state index contributed by atoms with van der Waals surface area (Å²) in [6.45, 7) is 12.5. The van der Waals surface area contributed by atoms with Crippen molar-refractivity contribution in [3.05, 3.63) is 48.6 Å². The quantitative estimate of drug-likeness (QED) is 0.137. The fourth-order valence-electron chi connectivity index (χ4n) is 6.56. The van der Waals surface area contributed by atoms with Crippen molar-refractivity contribution in [2.24, 2.45) is 0 Å². The van der Waals surface area contributed by atoms with Gasteiger partial charge in [0.2, 0.25) is 0 Å². The zero-order valence-electron chi connectivity index (χ0n) is 30.2. The van der Waals surface area contributed by atoms with E-state index in [2.05, 4.69) is 24.4 Å². The largest absolute Gasteiger partial charge is 0.444 e. The third-order valence-electron chi connectivity index (χ3n) is 8.72. The molecule has 12 nitrogen and oxygen atoms in total. The summed E-state index contributed by atoms with van der Waals surface area (Å²) in [5, 5.41) is 3.67. The molecule has 0 saturated carbocycles. The molecule has 0 unspecified atom stereocenters. The van der Waals surface area contributed by atoms with E-state index < -0.39 is 5.60 Å². The van der Waals surface area contributed by atoms with E-state index in [0.29, 0.717) is 19.1 Å². The first kappa shape index (κ1) is 39.8. The minimum Gasteiger partial charge on any atom is -0.444 e. The Morgan fingerprint density at radius 1 is 0.880 bits per heavy atom. The summed E-state index contributed by atoms with van der Waals surface area (Å²) in [4.78, 5) is 32.6. The minimum absolute atomic E-state index is 0.194. The molecule has 50 heavy (non-hydrogen) atoms. The van der Waals surface area contributed by atoms with Gasteiger partial charge >= 0.3 is 6.09 Å². The smallest absolute Gasteiger partial charge is 0.410 e. The van der Waals surface area contributed by atoms with Crippen LogP contribution in [-0.2, 0) is 27.3 Å². The molecule has 4 aromatic heterocycles. The molecule has 0 aliphatic carbocycles. The first-order valence-corrected chi connectivity index (χ1v) is 18.7. The zero-order chi connectivity index (χ0) is 35.9. The van der Waals surface area contributed by atoms with Crippen LogP contribution in [0.2, 0.25) is 0 Å². The lowest BCUT2D eigenvalue weighted by atomic mass is 9.97. The average Bonchev–Trinajstić information content (AvgIpc) is 3.68. The van der Waals surface area contributed by atoms with Crippen LogP contribution in [-0.4, -0.2) is 105 Å². The summed E-state index contributed by atoms with van der Waals surface area (Å²) in [7, 11) is 3.47. The highest BCUT2D eigenvalue weighted by Gasteiger charge is 2.31. The fourth-order valence-corrected chi connectivity index (χ4v) is 6.56. The van der Waals surface area contributed by atoms with Gasteiger partial charge in [0.05, 0.1) is 39.8 Å². The maximum atomic E-state index is 12.5. The van der Waals surface area contributed by atoms with Gasteiger partial charge in [-0.3, -0.25) is 9.97 Å². The van der Waals surface area contributed by atoms with Crippen LogP contribution in [0.3, 0.4) is 0 Å². The molecular formula is C36H54Cl2N8O4. The van der Waals surface area contributed by atoms with Crippen molar-refractivity contribution in [3.8, 4) is 0 Å². The van der Waals surface area contributed by atoms with Crippen LogP contribution in [0.1, 0.15) is 82.8 Å². The van der Waals surface area contributed by atoms with Gasteiger partial charge in [0.25, 0.3) is 0 Å². The third-order valence-corrected chi connectivity index (χ3v) is 8.72. The van der Waals surface area contributed by atoms with E-state index in [9.17, 15) is 4.79 Å². The van der Waals surface area contributed by atoms with Gasteiger partial charge in [-0.2, -0.15) is 0 Å². The Morgan fingerprint density at radius 3 is 1.92 bits per heavy atom. The lowest BCUT2D eigenvalue weighted by molar-refractivity contribution is 0.0195. The molecule has 2 atom stereocenters. The highest BCUT2D eigenvalue weighted by atomic mass is 35.5. The zero-order valence-corrected chi connectivity index (χ0v) is 31.8. The molecule has 276 valence electrons. The van der Waals surface area contributed by atoms with Crippen molar-refractivity contribution in [2.45, 2.75) is 89.8 Å². The number of nitrogens with one attached hydrogen (secondary N) is 1. The Balaban J connectivity index is 0.000000216. The van der Waals surface area contributed by atoms with Gasteiger partial charge in [-0.15, -0.1) is 23.2 Å². The van der Waals surface area contributed by atoms with E-state index >= 15 is 0 Å². The van der Waals surface area contributed by atoms with Crippen LogP contribution >= 0.6 is 23.2 Å². The van der Waals surface area contributed by atoms with Crippen molar-refractivity contribution in [2.75, 3.05) is 59.0 Å². The summed E-state index contributed by atoms with van der Waals surface area (Å²) in [5.41, 5.74) is 3.70. The number of carbonyl (C=O) groups excluding carboxylic acids is 1. The molecule has 4 aromatic rings. The van der Waals surface area contributed by atoms with Gasteiger partial charge in [0.15, 0.2) is 0 Å². The van der Waals surface area contributed by atoms with Gasteiger partial charge in [-0.1, -0.05) is 0 Å². The number of alkyl halides is 2. The molecule has 1 N–H and O–H groups in total. The molecule has 14 heteroatoms. The number of hydrogen-bond acceptors (Lipinski definition) is 9. The summed E-state index contributed by atoms with van der Waals surface area (Å²) < 4.78 is 20.5. The maximum absolute atomic E-state index is 12.5. The number of piperidine rings is 2. The normalized spacial score (nSPS) is 17.9. The van der Waals surface area contributed by atoms with Crippen LogP contribution in [0.25, 0.3) is 22.1 Å². The number of imidazole rings is 2. The molecular weight excluding hydrogens is 679 g/mol. The molecule has 0 bridgehead atoms. The first-order chi connectivity index (χ1) is 24.2. The van der Waals surface area contributed by atoms with Gasteiger partial charge < -0.3 is 33.6 Å². The number of methoxy groups -OCH3 is 2. The second-order valence-electron chi connectivity index (χ2n) is 13.6. The number of pyridine rings is 2. The highest BCUT2D eigenvalue weighted by Crippen LogP contribution is 2.30. The molecule has 6 rings (SSSR count). The summed E-state index contributed by atoms with van der Waals surface area (Å²) >= 11 is 9.53. The monoisotopic (exact) mass is 732 g/mol. The molecule has 2 aliphatic rings. The fraction of sp³-hybridized carbons (Fsp3) is 0.639. The third kappa shape index (κ3) is 11.2. The summed E-state index contributed by atoms with van der Waals surface area (Å²) in [5.74, 6) is 2.94. The standard InChI is InChI=1S/C20H30N4O3.C15H22N4O.CH2Cl2/c1-20(2,3)27-19(25)23-10-5-7-15(14-23)18-22-16-8-9-21-13-17(16)24(18)11-6-12-26-4;1-20-9-3-8-19-14-11-17-7-5-13(14)18-15(19)12-4-2-6-16-10-12;2-1-3/h8-9,13,15H,5-7,10-12,14H2,1-4H3;5,7,11-12,16H,2-4,6,8-10H2,1H3;1H2/t15-;12-;/m11./s1. The Kier molecular flexibility index (Phi) is 16.0. The number of rotatable bonds is 10. The van der Waals surface area contributed by atoms with Crippen LogP contribution in [0.5, 0.6) is 0 Å². The topological polar surface area (TPSA) is 121 Å². The van der Waals surface area contributed by atoms with Crippen LogP contribution < -0.4 is 5.32 Å². The van der Waals surface area contributed by atoms with Crippen molar-refractivity contribution in [1.29, 1.82) is 0 Å². The number of hydrogen-bond donors (Lipinski definition) is 1. The number of amides is 1. The molecule has 0 radical (unpaired) electrons. The van der Waals surface area contributed by atoms with Gasteiger partial charge in [0, 0.05) is 84.4 Å². The van der Waals surface area contributed by atoms with Crippen molar-refractivity contribution in [1.82, 2.24) is 39.3 Å². The Morgan fingerprint density at radius 2 is 1.42 bits per heavy atom. The molecule has 2 fully saturated rings. The van der Waals surface area contributed by atoms with Gasteiger partial charge in [0.1, 0.15) is 17.2 Å². The molecule has 2 saturated heterocycles. The first-order valence-electron chi connectivity index (χ1n) is 17.6. The van der Waals surface area contributed by atoms with E-state index in [4.69, 9.17) is 47.4 Å². The number of likely N-dealkylation sites (tertiary alicyclic amines) is 1. The number of nitrogens with zero attached hydrogens (tertiary/aromatic N) is 7. The number of carbonyl (C=O) groups is 1. The number of ether oxygens (including phenoxy) is 3. The van der Waals surface area contributed by atoms with Gasteiger partial charge in [-0.25, -0.2) is 14.8 Å². The van der Waals surface area contributed by atoms with Gasteiger partial charge in [-0.05, 0) is 78.0 Å². The Bertz CT molecular complexity index is 1600. The Hall–Kier alpha value is -3.03. The number of aryl methyl sites for hydroxylation is 2. The predicted molar refractivity (Wildman–Crippen MR) is 199 cm³/mol. The summed E-state index contributed by atoms with van der Waals surface area (Å²) in [6, 6.07) is 3.95. The van der Waals surface area contributed by atoms with Crippen molar-refractivity contribution in [3.63, 3.8) is 0 Å². The Labute approximate surface area is 306 Å². The molecule has 1 amide bonds. The van der Waals surface area contributed by atoms with Crippen LogP contribution in [0, 0.1) is 0 Å². The maximum Gasteiger partial charge on any atom is 0.410 e. The van der Waals surface area contributed by atoms with E-state index in [1.165, 1.54) is 18.7 Å². The van der Waals surface area contributed by atoms with E-state index in [0.717, 1.165) is 92.9 Å². The molecule has 0 aromatic carbocycles. The summed E-state index contributed by atoms with van der Waals surface area (Å²) in [6.07, 6.45) is 13.5. The lowest BCUT2D eigenvalue weighted by Crippen LogP contribution is -2.42. The second-order valence-corrected chi connectivity index (χ2v) is 14.4. The number of aromatic nitrogens is 6. The van der Waals surface area contributed by atoms with Crippen molar-refractivity contribution >= 4 is 51.4 Å².